The van der Waals surface area contributed by atoms with E-state index in [0.29, 0.717) is 0 Å². The highest BCUT2D eigenvalue weighted by molar-refractivity contribution is 5.95. The minimum atomic E-state index is -1.97. The lowest BCUT2D eigenvalue weighted by molar-refractivity contribution is -0.277. The number of aromatic hydroxyl groups is 3. The van der Waals surface area contributed by atoms with Crippen LogP contribution in [0, 0.1) is 0 Å². The van der Waals surface area contributed by atoms with Crippen LogP contribution in [-0.2, 0) is 9.47 Å². The fourth-order valence-corrected chi connectivity index (χ4v) is 4.58. The third-order valence-electron chi connectivity index (χ3n) is 6.96. The minimum absolute atomic E-state index is 0.0876. The second-order valence-electron chi connectivity index (χ2n) is 9.76. The topological polar surface area (TPSA) is 269 Å². The Morgan fingerprint density at radius 3 is 2.10 bits per heavy atom. The molecule has 3 heterocycles. The molecule has 2 saturated heterocycles. The lowest BCUT2D eigenvalue weighted by Gasteiger charge is -2.39. The number of phenols is 3. The largest absolute Gasteiger partial charge is 0.508 e. The van der Waals surface area contributed by atoms with Gasteiger partial charge in [-0.1, -0.05) is 0 Å². The van der Waals surface area contributed by atoms with Crippen molar-refractivity contribution in [2.45, 2.75) is 55.3 Å². The Balaban J connectivity index is 1.66. The van der Waals surface area contributed by atoms with Crippen LogP contribution in [0.15, 0.2) is 39.5 Å². The van der Waals surface area contributed by atoms with Crippen molar-refractivity contribution in [1.29, 1.82) is 0 Å². The summed E-state index contributed by atoms with van der Waals surface area (Å²) in [6.45, 7) is -1.32. The van der Waals surface area contributed by atoms with Gasteiger partial charge in [-0.25, -0.2) is 0 Å². The number of fused-ring (bicyclic) bond motifs is 1. The van der Waals surface area contributed by atoms with Gasteiger partial charge in [-0.3, -0.25) is 4.79 Å². The maximum atomic E-state index is 13.3. The van der Waals surface area contributed by atoms with E-state index in [1.54, 1.807) is 0 Å². The van der Waals surface area contributed by atoms with E-state index in [2.05, 4.69) is 0 Å². The second kappa shape index (κ2) is 11.5. The molecule has 0 saturated carbocycles. The first kappa shape index (κ1) is 29.8. The number of rotatable bonds is 6. The molecule has 3 aromatic rings. The summed E-state index contributed by atoms with van der Waals surface area (Å²) in [6, 6.07) is 6.38. The van der Waals surface area contributed by atoms with E-state index in [1.165, 1.54) is 24.3 Å². The summed E-state index contributed by atoms with van der Waals surface area (Å²) >= 11 is 0. The first-order valence-electron chi connectivity index (χ1n) is 12.6. The average Bonchev–Trinajstić information content (AvgIpc) is 2.97. The van der Waals surface area contributed by atoms with Crippen molar-refractivity contribution in [3.05, 3.63) is 40.6 Å². The van der Waals surface area contributed by atoms with E-state index in [9.17, 15) is 55.9 Å². The van der Waals surface area contributed by atoms with Gasteiger partial charge in [0, 0.05) is 11.6 Å². The van der Waals surface area contributed by atoms with Crippen LogP contribution in [0.2, 0.25) is 0 Å². The van der Waals surface area contributed by atoms with Gasteiger partial charge in [-0.2, -0.15) is 0 Å². The Bertz CT molecular complexity index is 1490. The molecule has 0 radical (unpaired) electrons. The summed E-state index contributed by atoms with van der Waals surface area (Å²) in [7, 11) is 0. The molecule has 10 N–H and O–H groups in total. The fourth-order valence-electron chi connectivity index (χ4n) is 4.58. The minimum Gasteiger partial charge on any atom is -0.508 e. The normalized spacial score (nSPS) is 31.6. The standard InChI is InChI=1S/C26H28O16/c27-6-13-16(32)18(34)20(36)26(40-13)42-24-21(37)23(41-25-19(35)15(31)11(30)7-38-25)17(33)14-10(29)5-12(39-22(14)24)8-1-3-9(28)4-2-8/h1-5,11,13,15-16,18-20,25-28,30-37H,6-7H2/t11-,13+,15-,16+,18-,19+,20+,25-,26-/m0/s1. The zero-order valence-corrected chi connectivity index (χ0v) is 21.4. The number of aliphatic hydroxyl groups is 7. The summed E-state index contributed by atoms with van der Waals surface area (Å²) in [4.78, 5) is 13.3. The van der Waals surface area contributed by atoms with Crippen molar-refractivity contribution < 1.29 is 74.4 Å². The zero-order valence-electron chi connectivity index (χ0n) is 21.4. The molecular formula is C26H28O16. The van der Waals surface area contributed by atoms with Gasteiger partial charge in [0.15, 0.2) is 16.8 Å². The first-order valence-corrected chi connectivity index (χ1v) is 12.6. The summed E-state index contributed by atoms with van der Waals surface area (Å²) in [5, 5.41) is 102. The monoisotopic (exact) mass is 596 g/mol. The van der Waals surface area contributed by atoms with Gasteiger partial charge in [0.05, 0.1) is 13.2 Å². The summed E-state index contributed by atoms with van der Waals surface area (Å²) < 4.78 is 27.3. The molecule has 16 nitrogen and oxygen atoms in total. The quantitative estimate of drug-likeness (QED) is 0.142. The summed E-state index contributed by atoms with van der Waals surface area (Å²) in [6.07, 6.45) is -15.8. The SMILES string of the molecule is O=c1cc(-c2ccc(O)cc2)oc2c(O[C@@H]3O[C@H](CO)[C@@H](O)[C@H](O)[C@H]3O)c(O)c(O[C@@H]3OC[C@H](O)[C@H](O)[C@H]3O)c(O)c12. The van der Waals surface area contributed by atoms with Gasteiger partial charge in [-0.05, 0) is 24.3 Å². The molecule has 16 heteroatoms. The summed E-state index contributed by atoms with van der Waals surface area (Å²) in [5.41, 5.74) is -1.23. The predicted molar refractivity (Wildman–Crippen MR) is 136 cm³/mol. The van der Waals surface area contributed by atoms with Gasteiger partial charge < -0.3 is 74.4 Å². The molecule has 2 aliphatic rings. The zero-order chi connectivity index (χ0) is 30.5. The molecule has 0 aliphatic carbocycles. The van der Waals surface area contributed by atoms with Crippen molar-refractivity contribution in [1.82, 2.24) is 0 Å². The third kappa shape index (κ3) is 5.19. The Hall–Kier alpha value is -3.71. The number of phenolic OH excluding ortho intramolecular Hbond substituents is 3. The molecule has 0 unspecified atom stereocenters. The third-order valence-corrected chi connectivity index (χ3v) is 6.96. The molecule has 1 aromatic heterocycles. The maximum absolute atomic E-state index is 13.3. The smallest absolute Gasteiger partial charge is 0.229 e. The van der Waals surface area contributed by atoms with Crippen LogP contribution in [0.3, 0.4) is 0 Å². The van der Waals surface area contributed by atoms with E-state index in [4.69, 9.17) is 23.4 Å². The second-order valence-corrected chi connectivity index (χ2v) is 9.76. The maximum Gasteiger partial charge on any atom is 0.229 e. The Kier molecular flexibility index (Phi) is 8.17. The van der Waals surface area contributed by atoms with Crippen LogP contribution in [0.1, 0.15) is 0 Å². The van der Waals surface area contributed by atoms with Crippen molar-refractivity contribution >= 4 is 11.0 Å². The van der Waals surface area contributed by atoms with E-state index in [1.807, 2.05) is 0 Å². The number of ether oxygens (including phenoxy) is 4. The molecule has 5 rings (SSSR count). The molecule has 228 valence electrons. The number of hydrogen-bond donors (Lipinski definition) is 10. The van der Waals surface area contributed by atoms with E-state index >= 15 is 0 Å². The van der Waals surface area contributed by atoms with Gasteiger partial charge in [-0.15, -0.1) is 0 Å². The fraction of sp³-hybridized carbons (Fsp3) is 0.423. The Labute approximate surface area is 235 Å². The van der Waals surface area contributed by atoms with Gasteiger partial charge in [0.2, 0.25) is 29.8 Å². The molecule has 0 spiro atoms. The van der Waals surface area contributed by atoms with Gasteiger partial charge in [0.25, 0.3) is 0 Å². The van der Waals surface area contributed by atoms with Crippen molar-refractivity contribution in [3.63, 3.8) is 0 Å². The predicted octanol–water partition coefficient (Wildman–Crippen LogP) is -2.43. The van der Waals surface area contributed by atoms with Crippen molar-refractivity contribution in [3.8, 4) is 40.1 Å². The molecule has 0 bridgehead atoms. The van der Waals surface area contributed by atoms with Crippen LogP contribution in [0.4, 0.5) is 0 Å². The Morgan fingerprint density at radius 1 is 0.786 bits per heavy atom. The van der Waals surface area contributed by atoms with Crippen molar-refractivity contribution in [2.75, 3.05) is 13.2 Å². The van der Waals surface area contributed by atoms with E-state index in [-0.39, 0.29) is 17.1 Å². The van der Waals surface area contributed by atoms with Crippen LogP contribution in [0.25, 0.3) is 22.3 Å². The Morgan fingerprint density at radius 2 is 1.43 bits per heavy atom. The van der Waals surface area contributed by atoms with Gasteiger partial charge in [0.1, 0.15) is 59.6 Å². The van der Waals surface area contributed by atoms with Crippen LogP contribution in [0.5, 0.6) is 28.7 Å². The number of benzene rings is 2. The number of aliphatic hydroxyl groups excluding tert-OH is 7. The molecule has 42 heavy (non-hydrogen) atoms. The lowest BCUT2D eigenvalue weighted by atomic mass is 9.99. The molecule has 0 amide bonds. The molecule has 9 atom stereocenters. The summed E-state index contributed by atoms with van der Waals surface area (Å²) in [5.74, 6) is -3.99. The molecule has 2 aliphatic heterocycles. The molecule has 2 aromatic carbocycles. The van der Waals surface area contributed by atoms with Crippen LogP contribution in [-0.4, -0.2) is 120 Å². The first-order chi connectivity index (χ1) is 19.9. The molecule has 2 fully saturated rings. The average molecular weight is 596 g/mol. The van der Waals surface area contributed by atoms with Crippen LogP contribution < -0.4 is 14.9 Å². The lowest BCUT2D eigenvalue weighted by Crippen LogP contribution is -2.60. The van der Waals surface area contributed by atoms with Crippen molar-refractivity contribution in [2.24, 2.45) is 0 Å². The van der Waals surface area contributed by atoms with Crippen LogP contribution >= 0.6 is 0 Å². The van der Waals surface area contributed by atoms with E-state index < -0.39 is 108 Å². The highest BCUT2D eigenvalue weighted by Gasteiger charge is 2.46. The van der Waals surface area contributed by atoms with Gasteiger partial charge >= 0.3 is 0 Å². The highest BCUT2D eigenvalue weighted by atomic mass is 16.7. The van der Waals surface area contributed by atoms with E-state index in [0.717, 1.165) is 6.07 Å². The number of hydrogen-bond acceptors (Lipinski definition) is 16. The molecular weight excluding hydrogens is 568 g/mol. The highest BCUT2D eigenvalue weighted by Crippen LogP contribution is 2.51.